The highest BCUT2D eigenvalue weighted by Crippen LogP contribution is 2.26. The van der Waals surface area contributed by atoms with Crippen molar-refractivity contribution in [2.45, 2.75) is 38.1 Å². The molecule has 2 aliphatic heterocycles. The van der Waals surface area contributed by atoms with Gasteiger partial charge in [0.25, 0.3) is 0 Å². The van der Waals surface area contributed by atoms with Gasteiger partial charge in [0.15, 0.2) is 0 Å². The van der Waals surface area contributed by atoms with Crippen LogP contribution in [0.1, 0.15) is 31.2 Å². The molecule has 0 saturated carbocycles. The Balaban J connectivity index is 0.00000192. The monoisotopic (exact) mass is 337 g/mol. The van der Waals surface area contributed by atoms with Crippen molar-refractivity contribution in [1.29, 1.82) is 0 Å². The quantitative estimate of drug-likeness (QED) is 0.881. The molecule has 1 fully saturated rings. The van der Waals surface area contributed by atoms with Gasteiger partial charge in [-0.2, -0.15) is 0 Å². The summed E-state index contributed by atoms with van der Waals surface area (Å²) in [4.78, 5) is 26.3. The number of aryl methyl sites for hydroxylation is 1. The number of halogens is 1. The van der Waals surface area contributed by atoms with Crippen molar-refractivity contribution in [2.75, 3.05) is 24.5 Å². The Morgan fingerprint density at radius 3 is 2.87 bits per heavy atom. The van der Waals surface area contributed by atoms with Crippen molar-refractivity contribution in [3.8, 4) is 0 Å². The number of rotatable bonds is 3. The third kappa shape index (κ3) is 4.45. The average Bonchev–Trinajstić information content (AvgIpc) is 2.68. The van der Waals surface area contributed by atoms with Crippen LogP contribution in [0.2, 0.25) is 0 Å². The SMILES string of the molecule is Cl.O=C(CN1C(=O)CCCc2ccccc21)N[C@H]1CCCNC1. The molecule has 23 heavy (non-hydrogen) atoms. The molecule has 1 aromatic carbocycles. The number of hydrogen-bond donors (Lipinski definition) is 2. The zero-order valence-electron chi connectivity index (χ0n) is 13.2. The van der Waals surface area contributed by atoms with Gasteiger partial charge in [0.2, 0.25) is 11.8 Å². The van der Waals surface area contributed by atoms with Crippen LogP contribution in [0.4, 0.5) is 5.69 Å². The third-order valence-electron chi connectivity index (χ3n) is 4.38. The van der Waals surface area contributed by atoms with Gasteiger partial charge in [0.05, 0.1) is 0 Å². The van der Waals surface area contributed by atoms with E-state index < -0.39 is 0 Å². The van der Waals surface area contributed by atoms with E-state index in [1.165, 1.54) is 0 Å². The highest BCUT2D eigenvalue weighted by Gasteiger charge is 2.25. The van der Waals surface area contributed by atoms with E-state index in [0.717, 1.165) is 50.0 Å². The minimum absolute atomic E-state index is 0. The number of piperidine rings is 1. The Kier molecular flexibility index (Phi) is 6.42. The van der Waals surface area contributed by atoms with E-state index >= 15 is 0 Å². The van der Waals surface area contributed by atoms with Crippen molar-refractivity contribution in [2.24, 2.45) is 0 Å². The molecule has 0 radical (unpaired) electrons. The molecule has 0 unspecified atom stereocenters. The normalized spacial score (nSPS) is 21.0. The lowest BCUT2D eigenvalue weighted by Gasteiger charge is -2.26. The first-order valence-electron chi connectivity index (χ1n) is 8.12. The lowest BCUT2D eigenvalue weighted by molar-refractivity contribution is -0.124. The molecule has 1 aromatic rings. The molecule has 6 heteroatoms. The third-order valence-corrected chi connectivity index (χ3v) is 4.38. The number of carbonyl (C=O) groups is 2. The largest absolute Gasteiger partial charge is 0.351 e. The summed E-state index contributed by atoms with van der Waals surface area (Å²) in [6.07, 6.45) is 4.33. The van der Waals surface area contributed by atoms with Gasteiger partial charge in [-0.3, -0.25) is 9.59 Å². The lowest BCUT2D eigenvalue weighted by Crippen LogP contribution is -2.49. The van der Waals surface area contributed by atoms with Gasteiger partial charge in [-0.15, -0.1) is 12.4 Å². The maximum atomic E-state index is 12.3. The first kappa shape index (κ1) is 17.8. The number of nitrogens with one attached hydrogen (secondary N) is 2. The predicted molar refractivity (Wildman–Crippen MR) is 93.0 cm³/mol. The van der Waals surface area contributed by atoms with Crippen molar-refractivity contribution in [3.05, 3.63) is 29.8 Å². The van der Waals surface area contributed by atoms with E-state index in [2.05, 4.69) is 10.6 Å². The van der Waals surface area contributed by atoms with Crippen molar-refractivity contribution in [3.63, 3.8) is 0 Å². The van der Waals surface area contributed by atoms with Gasteiger partial charge >= 0.3 is 0 Å². The van der Waals surface area contributed by atoms with Gasteiger partial charge < -0.3 is 15.5 Å². The molecule has 0 aliphatic carbocycles. The predicted octanol–water partition coefficient (Wildman–Crippen LogP) is 1.65. The molecule has 3 rings (SSSR count). The van der Waals surface area contributed by atoms with Crippen molar-refractivity contribution < 1.29 is 9.59 Å². The Morgan fingerprint density at radius 2 is 2.09 bits per heavy atom. The van der Waals surface area contributed by atoms with Crippen LogP contribution in [-0.2, 0) is 16.0 Å². The molecular formula is C17H24ClN3O2. The highest BCUT2D eigenvalue weighted by atomic mass is 35.5. The second kappa shape index (κ2) is 8.31. The van der Waals surface area contributed by atoms with E-state index in [0.29, 0.717) is 6.42 Å². The van der Waals surface area contributed by atoms with Crippen LogP contribution in [-0.4, -0.2) is 37.5 Å². The van der Waals surface area contributed by atoms with Gasteiger partial charge in [-0.05, 0) is 43.9 Å². The summed E-state index contributed by atoms with van der Waals surface area (Å²) in [6.45, 7) is 1.95. The summed E-state index contributed by atoms with van der Waals surface area (Å²) in [6, 6.07) is 8.07. The number of fused-ring (bicyclic) bond motifs is 1. The minimum atomic E-state index is -0.0706. The Labute approximate surface area is 143 Å². The Hall–Kier alpha value is -1.59. The number of nitrogens with zero attached hydrogens (tertiary/aromatic N) is 1. The number of anilines is 1. The second-order valence-corrected chi connectivity index (χ2v) is 6.07. The number of amides is 2. The first-order valence-corrected chi connectivity index (χ1v) is 8.12. The lowest BCUT2D eigenvalue weighted by atomic mass is 10.1. The Bertz CT molecular complexity index is 559. The Morgan fingerprint density at radius 1 is 1.26 bits per heavy atom. The average molecular weight is 338 g/mol. The maximum Gasteiger partial charge on any atom is 0.240 e. The second-order valence-electron chi connectivity index (χ2n) is 6.07. The van der Waals surface area contributed by atoms with E-state index in [1.54, 1.807) is 4.90 Å². The van der Waals surface area contributed by atoms with Crippen LogP contribution in [0, 0.1) is 0 Å². The molecule has 1 atom stereocenters. The number of carbonyl (C=O) groups excluding carboxylic acids is 2. The summed E-state index contributed by atoms with van der Waals surface area (Å²) in [5, 5.41) is 6.33. The first-order chi connectivity index (χ1) is 10.7. The van der Waals surface area contributed by atoms with Crippen molar-refractivity contribution >= 4 is 29.9 Å². The minimum Gasteiger partial charge on any atom is -0.351 e. The van der Waals surface area contributed by atoms with Crippen LogP contribution in [0.5, 0.6) is 0 Å². The van der Waals surface area contributed by atoms with Crippen LogP contribution in [0.3, 0.4) is 0 Å². The molecule has 0 aromatic heterocycles. The molecule has 0 bridgehead atoms. The molecule has 2 heterocycles. The number of benzene rings is 1. The van der Waals surface area contributed by atoms with Crippen LogP contribution >= 0.6 is 12.4 Å². The zero-order valence-corrected chi connectivity index (χ0v) is 14.0. The summed E-state index contributed by atoms with van der Waals surface area (Å²) in [7, 11) is 0. The van der Waals surface area contributed by atoms with Gasteiger partial charge in [0.1, 0.15) is 6.54 Å². The molecule has 2 aliphatic rings. The highest BCUT2D eigenvalue weighted by molar-refractivity contribution is 5.99. The molecule has 2 N–H and O–H groups in total. The van der Waals surface area contributed by atoms with E-state index in [-0.39, 0.29) is 36.8 Å². The maximum absolute atomic E-state index is 12.3. The molecule has 0 spiro atoms. The topological polar surface area (TPSA) is 61.4 Å². The smallest absolute Gasteiger partial charge is 0.240 e. The van der Waals surface area contributed by atoms with Crippen LogP contribution < -0.4 is 15.5 Å². The van der Waals surface area contributed by atoms with E-state index in [9.17, 15) is 9.59 Å². The molecule has 126 valence electrons. The number of para-hydroxylation sites is 1. The van der Waals surface area contributed by atoms with Gasteiger partial charge in [0, 0.05) is 24.7 Å². The molecule has 5 nitrogen and oxygen atoms in total. The van der Waals surface area contributed by atoms with Crippen LogP contribution in [0.25, 0.3) is 0 Å². The standard InChI is InChI=1S/C17H23N3O2.ClH/c21-16(19-14-7-4-10-18-11-14)12-20-15-8-2-1-5-13(15)6-3-9-17(20)22;/h1-2,5,8,14,18H,3-4,6-7,9-12H2,(H,19,21);1H/t14-;/m0./s1. The van der Waals surface area contributed by atoms with Gasteiger partial charge in [-0.25, -0.2) is 0 Å². The van der Waals surface area contributed by atoms with Crippen LogP contribution in [0.15, 0.2) is 24.3 Å². The van der Waals surface area contributed by atoms with E-state index in [1.807, 2.05) is 24.3 Å². The fourth-order valence-corrected chi connectivity index (χ4v) is 3.25. The fraction of sp³-hybridized carbons (Fsp3) is 0.529. The van der Waals surface area contributed by atoms with E-state index in [4.69, 9.17) is 0 Å². The molecular weight excluding hydrogens is 314 g/mol. The fourth-order valence-electron chi connectivity index (χ4n) is 3.25. The summed E-state index contributed by atoms with van der Waals surface area (Å²) >= 11 is 0. The van der Waals surface area contributed by atoms with Crippen molar-refractivity contribution in [1.82, 2.24) is 10.6 Å². The molecule has 2 amide bonds. The summed E-state index contributed by atoms with van der Waals surface area (Å²) in [5.41, 5.74) is 2.04. The zero-order chi connectivity index (χ0) is 15.4. The van der Waals surface area contributed by atoms with Gasteiger partial charge in [-0.1, -0.05) is 18.2 Å². The molecule has 1 saturated heterocycles. The summed E-state index contributed by atoms with van der Waals surface area (Å²) in [5.74, 6) is -0.0272. The summed E-state index contributed by atoms with van der Waals surface area (Å²) < 4.78 is 0. The number of hydrogen-bond acceptors (Lipinski definition) is 3.